The molecule has 5 heteroatoms. The molecule has 1 aromatic heterocycles. The van der Waals surface area contributed by atoms with Crippen LogP contribution in [0.2, 0.25) is 5.02 Å². The molecule has 2 aromatic rings. The van der Waals surface area contributed by atoms with Crippen molar-refractivity contribution in [3.63, 3.8) is 0 Å². The number of carbonyl (C=O) groups is 1. The van der Waals surface area contributed by atoms with E-state index in [1.54, 1.807) is 17.4 Å². The maximum absolute atomic E-state index is 12.2. The number of nitrogens with one attached hydrogen (secondary N) is 1. The summed E-state index contributed by atoms with van der Waals surface area (Å²) >= 11 is 7.84. The number of hydrogen-bond acceptors (Lipinski definition) is 3. The van der Waals surface area contributed by atoms with E-state index in [0.717, 1.165) is 12.0 Å². The SMILES string of the molecule is CCOc1c(Cl)cccc1CC(=O)N[C@@H](C)Cc1cccs1. The molecule has 0 radical (unpaired) electrons. The Hall–Kier alpha value is -1.52. The van der Waals surface area contributed by atoms with Crippen LogP contribution in [0.15, 0.2) is 35.7 Å². The normalized spacial score (nSPS) is 12.0. The van der Waals surface area contributed by atoms with Crippen LogP contribution in [-0.4, -0.2) is 18.6 Å². The molecule has 1 N–H and O–H groups in total. The fraction of sp³-hybridized carbons (Fsp3) is 0.353. The smallest absolute Gasteiger partial charge is 0.224 e. The Morgan fingerprint density at radius 3 is 2.86 bits per heavy atom. The lowest BCUT2D eigenvalue weighted by Gasteiger charge is -2.15. The van der Waals surface area contributed by atoms with Crippen LogP contribution in [0.25, 0.3) is 0 Å². The van der Waals surface area contributed by atoms with Gasteiger partial charge in [-0.3, -0.25) is 4.79 Å². The Morgan fingerprint density at radius 2 is 2.18 bits per heavy atom. The third-order valence-corrected chi connectivity index (χ3v) is 4.38. The number of halogens is 1. The summed E-state index contributed by atoms with van der Waals surface area (Å²) in [5.41, 5.74) is 0.815. The highest BCUT2D eigenvalue weighted by molar-refractivity contribution is 7.09. The molecule has 0 bridgehead atoms. The number of thiophene rings is 1. The minimum atomic E-state index is -0.0210. The summed E-state index contributed by atoms with van der Waals surface area (Å²) in [5.74, 6) is 0.583. The molecule has 1 heterocycles. The summed E-state index contributed by atoms with van der Waals surface area (Å²) < 4.78 is 5.55. The monoisotopic (exact) mass is 337 g/mol. The van der Waals surface area contributed by atoms with E-state index >= 15 is 0 Å². The zero-order chi connectivity index (χ0) is 15.9. The van der Waals surface area contributed by atoms with E-state index in [2.05, 4.69) is 11.4 Å². The van der Waals surface area contributed by atoms with Crippen LogP contribution in [0.4, 0.5) is 0 Å². The van der Waals surface area contributed by atoms with Gasteiger partial charge in [-0.1, -0.05) is 29.8 Å². The van der Waals surface area contributed by atoms with Crippen molar-refractivity contribution in [3.05, 3.63) is 51.2 Å². The van der Waals surface area contributed by atoms with Gasteiger partial charge in [0.15, 0.2) is 0 Å². The van der Waals surface area contributed by atoms with E-state index < -0.39 is 0 Å². The van der Waals surface area contributed by atoms with Crippen LogP contribution in [0.5, 0.6) is 5.75 Å². The number of rotatable bonds is 7. The van der Waals surface area contributed by atoms with Crippen LogP contribution in [0, 0.1) is 0 Å². The second-order valence-corrected chi connectivity index (χ2v) is 6.53. The van der Waals surface area contributed by atoms with Crippen molar-refractivity contribution in [2.45, 2.75) is 32.7 Å². The van der Waals surface area contributed by atoms with Crippen molar-refractivity contribution in [2.75, 3.05) is 6.61 Å². The largest absolute Gasteiger partial charge is 0.492 e. The van der Waals surface area contributed by atoms with Crippen molar-refractivity contribution < 1.29 is 9.53 Å². The molecule has 0 aliphatic carbocycles. The highest BCUT2D eigenvalue weighted by atomic mass is 35.5. The van der Waals surface area contributed by atoms with E-state index in [1.807, 2.05) is 37.4 Å². The maximum atomic E-state index is 12.2. The quantitative estimate of drug-likeness (QED) is 0.826. The minimum absolute atomic E-state index is 0.0210. The Bertz CT molecular complexity index is 613. The predicted molar refractivity (Wildman–Crippen MR) is 92.0 cm³/mol. The first kappa shape index (κ1) is 16.8. The summed E-state index contributed by atoms with van der Waals surface area (Å²) in [5, 5.41) is 5.61. The molecule has 0 aliphatic heterocycles. The highest BCUT2D eigenvalue weighted by Gasteiger charge is 2.14. The fourth-order valence-electron chi connectivity index (χ4n) is 2.28. The predicted octanol–water partition coefficient (Wildman–Crippen LogP) is 4.09. The van der Waals surface area contributed by atoms with Gasteiger partial charge in [0.05, 0.1) is 18.1 Å². The minimum Gasteiger partial charge on any atom is -0.492 e. The Morgan fingerprint density at radius 1 is 1.36 bits per heavy atom. The van der Waals surface area contributed by atoms with E-state index in [4.69, 9.17) is 16.3 Å². The lowest BCUT2D eigenvalue weighted by molar-refractivity contribution is -0.121. The van der Waals surface area contributed by atoms with Gasteiger partial charge in [0.1, 0.15) is 5.75 Å². The van der Waals surface area contributed by atoms with Crippen LogP contribution < -0.4 is 10.1 Å². The summed E-state index contributed by atoms with van der Waals surface area (Å²) in [6.45, 7) is 4.43. The van der Waals surface area contributed by atoms with Crippen molar-refractivity contribution in [3.8, 4) is 5.75 Å². The first-order chi connectivity index (χ1) is 10.6. The van der Waals surface area contributed by atoms with Gasteiger partial charge in [0.25, 0.3) is 0 Å². The van der Waals surface area contributed by atoms with E-state index in [1.165, 1.54) is 4.88 Å². The van der Waals surface area contributed by atoms with Crippen LogP contribution >= 0.6 is 22.9 Å². The van der Waals surface area contributed by atoms with Gasteiger partial charge < -0.3 is 10.1 Å². The van der Waals surface area contributed by atoms with Gasteiger partial charge >= 0.3 is 0 Å². The molecule has 0 saturated carbocycles. The fourth-order valence-corrected chi connectivity index (χ4v) is 3.36. The second-order valence-electron chi connectivity index (χ2n) is 5.09. The second kappa shape index (κ2) is 8.20. The Labute approximate surface area is 140 Å². The zero-order valence-electron chi connectivity index (χ0n) is 12.8. The lowest BCUT2D eigenvalue weighted by atomic mass is 10.1. The maximum Gasteiger partial charge on any atom is 0.224 e. The number of hydrogen-bond donors (Lipinski definition) is 1. The third-order valence-electron chi connectivity index (χ3n) is 3.18. The molecule has 22 heavy (non-hydrogen) atoms. The van der Waals surface area contributed by atoms with Gasteiger partial charge in [-0.25, -0.2) is 0 Å². The molecule has 0 aliphatic rings. The van der Waals surface area contributed by atoms with Gasteiger partial charge in [-0.2, -0.15) is 0 Å². The molecule has 1 aromatic carbocycles. The number of amides is 1. The Balaban J connectivity index is 1.95. The van der Waals surface area contributed by atoms with Gasteiger partial charge in [-0.15, -0.1) is 11.3 Å². The summed E-state index contributed by atoms with van der Waals surface area (Å²) in [6, 6.07) is 9.68. The molecule has 2 rings (SSSR count). The zero-order valence-corrected chi connectivity index (χ0v) is 14.3. The molecule has 3 nitrogen and oxygen atoms in total. The molecule has 0 unspecified atom stereocenters. The van der Waals surface area contributed by atoms with E-state index in [0.29, 0.717) is 17.4 Å². The number of ether oxygens (including phenoxy) is 1. The summed E-state index contributed by atoms with van der Waals surface area (Å²) in [4.78, 5) is 13.5. The van der Waals surface area contributed by atoms with Crippen molar-refractivity contribution in [1.82, 2.24) is 5.32 Å². The summed E-state index contributed by atoms with van der Waals surface area (Å²) in [7, 11) is 0. The van der Waals surface area contributed by atoms with Crippen molar-refractivity contribution in [1.29, 1.82) is 0 Å². The van der Waals surface area contributed by atoms with Crippen molar-refractivity contribution >= 4 is 28.8 Å². The van der Waals surface area contributed by atoms with Crippen LogP contribution in [0.3, 0.4) is 0 Å². The van der Waals surface area contributed by atoms with E-state index in [-0.39, 0.29) is 18.4 Å². The summed E-state index contributed by atoms with van der Waals surface area (Å²) in [6.07, 6.45) is 1.11. The van der Waals surface area contributed by atoms with Crippen LogP contribution in [0.1, 0.15) is 24.3 Å². The molecule has 1 amide bonds. The molecular weight excluding hydrogens is 318 g/mol. The standard InChI is InChI=1S/C17H20ClNO2S/c1-3-21-17-13(6-4-8-15(17)18)11-16(20)19-12(2)10-14-7-5-9-22-14/h4-9,12H,3,10-11H2,1-2H3,(H,19,20)/t12-/m0/s1. The lowest BCUT2D eigenvalue weighted by Crippen LogP contribution is -2.35. The number of benzene rings is 1. The topological polar surface area (TPSA) is 38.3 Å². The van der Waals surface area contributed by atoms with Gasteiger partial charge in [0.2, 0.25) is 5.91 Å². The van der Waals surface area contributed by atoms with Crippen LogP contribution in [-0.2, 0) is 17.6 Å². The molecule has 0 saturated heterocycles. The molecule has 0 fully saturated rings. The molecule has 1 atom stereocenters. The third kappa shape index (κ3) is 4.75. The highest BCUT2D eigenvalue weighted by Crippen LogP contribution is 2.29. The average Bonchev–Trinajstić information content (AvgIpc) is 2.95. The van der Waals surface area contributed by atoms with Crippen molar-refractivity contribution in [2.24, 2.45) is 0 Å². The number of carbonyl (C=O) groups excluding carboxylic acids is 1. The molecule has 0 spiro atoms. The molecular formula is C17H20ClNO2S. The molecule has 118 valence electrons. The first-order valence-corrected chi connectivity index (χ1v) is 8.57. The Kier molecular flexibility index (Phi) is 6.28. The van der Waals surface area contributed by atoms with Gasteiger partial charge in [-0.05, 0) is 31.4 Å². The first-order valence-electron chi connectivity index (χ1n) is 7.32. The van der Waals surface area contributed by atoms with Gasteiger partial charge in [0, 0.05) is 22.9 Å². The number of para-hydroxylation sites is 1. The van der Waals surface area contributed by atoms with E-state index in [9.17, 15) is 4.79 Å². The average molecular weight is 338 g/mol.